The van der Waals surface area contributed by atoms with Gasteiger partial charge in [-0.2, -0.15) is 0 Å². The Kier molecular flexibility index (Phi) is 2.88. The van der Waals surface area contributed by atoms with Gasteiger partial charge in [-0.3, -0.25) is 9.59 Å². The van der Waals surface area contributed by atoms with Crippen LogP contribution in [0.2, 0.25) is 0 Å². The maximum Gasteiger partial charge on any atom is 0.323 e. The van der Waals surface area contributed by atoms with Gasteiger partial charge in [-0.1, -0.05) is 30.3 Å². The zero-order valence-corrected chi connectivity index (χ0v) is 9.80. The average molecular weight is 234 g/mol. The summed E-state index contributed by atoms with van der Waals surface area (Å²) in [4.78, 5) is 23.6. The second-order valence-electron chi connectivity index (χ2n) is 4.26. The van der Waals surface area contributed by atoms with Gasteiger partial charge in [0.15, 0.2) is 5.41 Å². The SMILES string of the molecule is COC(=O)[C@@]1(C)C(=O)OC[C@@H]1c1ccccc1. The van der Waals surface area contributed by atoms with E-state index in [1.54, 1.807) is 6.92 Å². The molecule has 1 aromatic rings. The molecule has 0 spiro atoms. The Hall–Kier alpha value is -1.84. The van der Waals surface area contributed by atoms with Gasteiger partial charge < -0.3 is 9.47 Å². The van der Waals surface area contributed by atoms with Crippen LogP contribution >= 0.6 is 0 Å². The Morgan fingerprint density at radius 3 is 2.65 bits per heavy atom. The molecule has 0 aliphatic carbocycles. The highest BCUT2D eigenvalue weighted by molar-refractivity contribution is 6.02. The Labute approximate surface area is 99.5 Å². The molecule has 0 N–H and O–H groups in total. The van der Waals surface area contributed by atoms with Crippen LogP contribution in [0.25, 0.3) is 0 Å². The molecule has 0 unspecified atom stereocenters. The zero-order valence-electron chi connectivity index (χ0n) is 9.80. The van der Waals surface area contributed by atoms with Gasteiger partial charge in [-0.05, 0) is 12.5 Å². The molecule has 90 valence electrons. The fourth-order valence-electron chi connectivity index (χ4n) is 2.17. The quantitative estimate of drug-likeness (QED) is 0.575. The number of hydrogen-bond donors (Lipinski definition) is 0. The van der Waals surface area contributed by atoms with E-state index in [-0.39, 0.29) is 12.5 Å². The Bertz CT molecular complexity index is 440. The molecule has 0 saturated carbocycles. The third kappa shape index (κ3) is 1.69. The van der Waals surface area contributed by atoms with E-state index in [9.17, 15) is 9.59 Å². The lowest BCUT2D eigenvalue weighted by atomic mass is 9.75. The Morgan fingerprint density at radius 2 is 2.06 bits per heavy atom. The van der Waals surface area contributed by atoms with E-state index in [1.165, 1.54) is 7.11 Å². The van der Waals surface area contributed by atoms with Crippen LogP contribution in [0.5, 0.6) is 0 Å². The predicted octanol–water partition coefficient (Wildman–Crippen LogP) is 1.51. The van der Waals surface area contributed by atoms with Crippen molar-refractivity contribution in [3.05, 3.63) is 35.9 Å². The van der Waals surface area contributed by atoms with Gasteiger partial charge in [-0.15, -0.1) is 0 Å². The van der Waals surface area contributed by atoms with Crippen LogP contribution in [0.1, 0.15) is 18.4 Å². The molecular weight excluding hydrogens is 220 g/mol. The van der Waals surface area contributed by atoms with Gasteiger partial charge >= 0.3 is 11.9 Å². The summed E-state index contributed by atoms with van der Waals surface area (Å²) in [5.74, 6) is -1.35. The van der Waals surface area contributed by atoms with E-state index in [0.717, 1.165) is 5.56 Å². The Balaban J connectivity index is 2.41. The lowest BCUT2D eigenvalue weighted by Crippen LogP contribution is -2.38. The van der Waals surface area contributed by atoms with Gasteiger partial charge in [0.05, 0.1) is 13.7 Å². The number of esters is 2. The molecule has 1 heterocycles. The normalized spacial score (nSPS) is 27.6. The summed E-state index contributed by atoms with van der Waals surface area (Å²) in [6, 6.07) is 9.39. The van der Waals surface area contributed by atoms with Crippen LogP contribution < -0.4 is 0 Å². The number of rotatable bonds is 2. The summed E-state index contributed by atoms with van der Waals surface area (Å²) in [5.41, 5.74) is -0.331. The molecule has 1 aromatic carbocycles. The van der Waals surface area contributed by atoms with Gasteiger partial charge in [0.1, 0.15) is 0 Å². The Morgan fingerprint density at radius 1 is 1.41 bits per heavy atom. The summed E-state index contributed by atoms with van der Waals surface area (Å²) in [7, 11) is 1.28. The van der Waals surface area contributed by atoms with Crippen molar-refractivity contribution in [3.63, 3.8) is 0 Å². The lowest BCUT2D eigenvalue weighted by molar-refractivity contribution is -0.162. The van der Waals surface area contributed by atoms with Gasteiger partial charge in [-0.25, -0.2) is 0 Å². The summed E-state index contributed by atoms with van der Waals surface area (Å²) >= 11 is 0. The summed E-state index contributed by atoms with van der Waals surface area (Å²) in [6.07, 6.45) is 0. The minimum absolute atomic E-state index is 0.217. The number of benzene rings is 1. The van der Waals surface area contributed by atoms with Crippen molar-refractivity contribution in [2.75, 3.05) is 13.7 Å². The minimum Gasteiger partial charge on any atom is -0.468 e. The largest absolute Gasteiger partial charge is 0.468 e. The van der Waals surface area contributed by atoms with E-state index in [4.69, 9.17) is 9.47 Å². The maximum atomic E-state index is 11.8. The highest BCUT2D eigenvalue weighted by atomic mass is 16.6. The van der Waals surface area contributed by atoms with Crippen molar-refractivity contribution < 1.29 is 19.1 Å². The zero-order chi connectivity index (χ0) is 12.5. The summed E-state index contributed by atoms with van der Waals surface area (Å²) in [5, 5.41) is 0. The van der Waals surface area contributed by atoms with Gasteiger partial charge in [0.2, 0.25) is 0 Å². The van der Waals surface area contributed by atoms with Crippen molar-refractivity contribution in [2.24, 2.45) is 5.41 Å². The lowest BCUT2D eigenvalue weighted by Gasteiger charge is -2.23. The van der Waals surface area contributed by atoms with Crippen LogP contribution in [0.4, 0.5) is 0 Å². The molecule has 1 aliphatic rings. The topological polar surface area (TPSA) is 52.6 Å². The monoisotopic (exact) mass is 234 g/mol. The number of hydrogen-bond acceptors (Lipinski definition) is 4. The van der Waals surface area contributed by atoms with E-state index in [0.29, 0.717) is 0 Å². The van der Waals surface area contributed by atoms with Crippen molar-refractivity contribution in [3.8, 4) is 0 Å². The summed E-state index contributed by atoms with van der Waals surface area (Å²) in [6.45, 7) is 1.79. The van der Waals surface area contributed by atoms with E-state index >= 15 is 0 Å². The van der Waals surface area contributed by atoms with Crippen molar-refractivity contribution in [2.45, 2.75) is 12.8 Å². The summed E-state index contributed by atoms with van der Waals surface area (Å²) < 4.78 is 9.74. The third-order valence-electron chi connectivity index (χ3n) is 3.31. The van der Waals surface area contributed by atoms with Crippen molar-refractivity contribution >= 4 is 11.9 Å². The molecule has 0 amide bonds. The molecule has 0 aromatic heterocycles. The molecular formula is C13H14O4. The maximum absolute atomic E-state index is 11.8. The number of ether oxygens (including phenoxy) is 2. The first-order chi connectivity index (χ1) is 8.10. The van der Waals surface area contributed by atoms with Crippen LogP contribution in [0, 0.1) is 5.41 Å². The fraction of sp³-hybridized carbons (Fsp3) is 0.385. The third-order valence-corrected chi connectivity index (χ3v) is 3.31. The number of carbonyl (C=O) groups excluding carboxylic acids is 2. The molecule has 0 radical (unpaired) electrons. The van der Waals surface area contributed by atoms with Crippen LogP contribution in [0.3, 0.4) is 0 Å². The second-order valence-corrected chi connectivity index (χ2v) is 4.26. The average Bonchev–Trinajstić information content (AvgIpc) is 2.67. The van der Waals surface area contributed by atoms with Gasteiger partial charge in [0.25, 0.3) is 0 Å². The molecule has 2 atom stereocenters. The smallest absolute Gasteiger partial charge is 0.323 e. The molecule has 1 fully saturated rings. The first-order valence-corrected chi connectivity index (χ1v) is 5.41. The fourth-order valence-corrected chi connectivity index (χ4v) is 2.17. The first-order valence-electron chi connectivity index (χ1n) is 5.41. The van der Waals surface area contributed by atoms with E-state index in [2.05, 4.69) is 0 Å². The van der Waals surface area contributed by atoms with E-state index in [1.807, 2.05) is 30.3 Å². The molecule has 17 heavy (non-hydrogen) atoms. The first kappa shape index (κ1) is 11.6. The molecule has 1 saturated heterocycles. The molecule has 2 rings (SSSR count). The number of carbonyl (C=O) groups is 2. The van der Waals surface area contributed by atoms with Crippen molar-refractivity contribution in [1.82, 2.24) is 0 Å². The molecule has 0 bridgehead atoms. The van der Waals surface area contributed by atoms with Crippen LogP contribution in [-0.2, 0) is 19.1 Å². The molecule has 4 nitrogen and oxygen atoms in total. The highest BCUT2D eigenvalue weighted by Crippen LogP contribution is 2.43. The minimum atomic E-state index is -1.24. The molecule has 4 heteroatoms. The van der Waals surface area contributed by atoms with Crippen molar-refractivity contribution in [1.29, 1.82) is 0 Å². The molecule has 1 aliphatic heterocycles. The van der Waals surface area contributed by atoms with Crippen LogP contribution in [0.15, 0.2) is 30.3 Å². The highest BCUT2D eigenvalue weighted by Gasteiger charge is 2.56. The van der Waals surface area contributed by atoms with E-state index < -0.39 is 17.4 Å². The second kappa shape index (κ2) is 4.20. The van der Waals surface area contributed by atoms with Gasteiger partial charge in [0, 0.05) is 5.92 Å². The van der Waals surface area contributed by atoms with Crippen LogP contribution in [-0.4, -0.2) is 25.7 Å². The number of cyclic esters (lactones) is 1. The standard InChI is InChI=1S/C13H14O4/c1-13(11(14)16-2)10(8-17-12(13)15)9-6-4-3-5-7-9/h3-7,10H,8H2,1-2H3/t10-,13+/m1/s1. The predicted molar refractivity (Wildman–Crippen MR) is 60.3 cm³/mol. The number of methoxy groups -OCH3 is 1.